The largest absolute Gasteiger partial charge is 0.497 e. The van der Waals surface area contributed by atoms with Gasteiger partial charge in [-0.3, -0.25) is 4.79 Å². The van der Waals surface area contributed by atoms with E-state index in [0.29, 0.717) is 13.0 Å². The third-order valence-corrected chi connectivity index (χ3v) is 6.43. The molecule has 1 fully saturated rings. The van der Waals surface area contributed by atoms with E-state index in [1.807, 2.05) is 54.6 Å². The zero-order valence-corrected chi connectivity index (χ0v) is 15.6. The van der Waals surface area contributed by atoms with Crippen molar-refractivity contribution in [3.05, 3.63) is 65.7 Å². The van der Waals surface area contributed by atoms with Crippen molar-refractivity contribution in [2.75, 3.05) is 18.6 Å². The first-order chi connectivity index (χ1) is 12.5. The van der Waals surface area contributed by atoms with E-state index >= 15 is 0 Å². The third kappa shape index (κ3) is 4.64. The summed E-state index contributed by atoms with van der Waals surface area (Å²) in [5.41, 5.74) is 1.88. The van der Waals surface area contributed by atoms with Gasteiger partial charge in [0.1, 0.15) is 5.75 Å². The molecule has 0 N–H and O–H groups in total. The molecule has 0 saturated carbocycles. The molecule has 138 valence electrons. The van der Waals surface area contributed by atoms with Crippen molar-refractivity contribution in [2.45, 2.75) is 25.4 Å². The number of sulfone groups is 1. The fourth-order valence-electron chi connectivity index (χ4n) is 3.24. The molecule has 2 aromatic rings. The van der Waals surface area contributed by atoms with Crippen molar-refractivity contribution in [1.82, 2.24) is 4.90 Å². The van der Waals surface area contributed by atoms with E-state index in [0.717, 1.165) is 16.9 Å². The summed E-state index contributed by atoms with van der Waals surface area (Å²) < 4.78 is 28.9. The lowest BCUT2D eigenvalue weighted by Crippen LogP contribution is -2.41. The zero-order chi connectivity index (χ0) is 18.6. The quantitative estimate of drug-likeness (QED) is 0.780. The molecular formula is C20H23NO4S. The molecule has 3 rings (SSSR count). The molecule has 1 unspecified atom stereocenters. The number of carbonyl (C=O) groups excluding carboxylic acids is 1. The molecule has 0 aliphatic carbocycles. The van der Waals surface area contributed by atoms with E-state index in [2.05, 4.69) is 0 Å². The monoisotopic (exact) mass is 373 g/mol. The maximum atomic E-state index is 13.0. The van der Waals surface area contributed by atoms with Crippen molar-refractivity contribution in [1.29, 1.82) is 0 Å². The van der Waals surface area contributed by atoms with E-state index in [9.17, 15) is 13.2 Å². The minimum absolute atomic E-state index is 0.0498. The molecule has 5 nitrogen and oxygen atoms in total. The molecule has 1 aliphatic heterocycles. The summed E-state index contributed by atoms with van der Waals surface area (Å²) >= 11 is 0. The second-order valence-corrected chi connectivity index (χ2v) is 8.82. The van der Waals surface area contributed by atoms with Gasteiger partial charge in [-0.05, 0) is 29.7 Å². The summed E-state index contributed by atoms with van der Waals surface area (Å²) in [7, 11) is -1.46. The third-order valence-electron chi connectivity index (χ3n) is 4.68. The minimum atomic E-state index is -3.06. The number of nitrogens with zero attached hydrogens (tertiary/aromatic N) is 1. The summed E-state index contributed by atoms with van der Waals surface area (Å²) in [6, 6.07) is 16.8. The van der Waals surface area contributed by atoms with E-state index in [4.69, 9.17) is 4.74 Å². The normalized spacial score (nSPS) is 18.4. The highest BCUT2D eigenvalue weighted by atomic mass is 32.2. The van der Waals surface area contributed by atoms with Crippen LogP contribution in [0.2, 0.25) is 0 Å². The lowest BCUT2D eigenvalue weighted by atomic mass is 10.1. The number of rotatable bonds is 6. The first-order valence-electron chi connectivity index (χ1n) is 8.63. The van der Waals surface area contributed by atoms with Crippen molar-refractivity contribution in [3.63, 3.8) is 0 Å². The van der Waals surface area contributed by atoms with Crippen LogP contribution in [0.15, 0.2) is 54.6 Å². The molecule has 0 spiro atoms. The summed E-state index contributed by atoms with van der Waals surface area (Å²) in [6.45, 7) is 0.427. The average Bonchev–Trinajstić information content (AvgIpc) is 3.00. The average molecular weight is 373 g/mol. The van der Waals surface area contributed by atoms with E-state index in [1.54, 1.807) is 12.0 Å². The summed E-state index contributed by atoms with van der Waals surface area (Å²) in [5, 5.41) is 0. The van der Waals surface area contributed by atoms with Crippen LogP contribution in [-0.4, -0.2) is 43.9 Å². The summed E-state index contributed by atoms with van der Waals surface area (Å²) in [6.07, 6.45) is 0.747. The highest BCUT2D eigenvalue weighted by molar-refractivity contribution is 7.91. The molecule has 6 heteroatoms. The van der Waals surface area contributed by atoms with Crippen LogP contribution in [0.25, 0.3) is 0 Å². The second kappa shape index (κ2) is 7.91. The predicted octanol–water partition coefficient (Wildman–Crippen LogP) is 2.45. The minimum Gasteiger partial charge on any atom is -0.497 e. The number of carbonyl (C=O) groups is 1. The van der Waals surface area contributed by atoms with Gasteiger partial charge in [-0.25, -0.2) is 8.42 Å². The standard InChI is InChI=1S/C20H23NO4S/c1-25-19-9-7-16(8-10-19)13-20(22)21(14-17-5-3-2-4-6-17)18-11-12-26(23,24)15-18/h2-10,18H,11-15H2,1H3. The Kier molecular flexibility index (Phi) is 5.61. The van der Waals surface area contributed by atoms with Gasteiger partial charge in [0.25, 0.3) is 0 Å². The summed E-state index contributed by atoms with van der Waals surface area (Å²) in [5.74, 6) is 0.887. The van der Waals surface area contributed by atoms with Crippen molar-refractivity contribution in [3.8, 4) is 5.75 Å². The fourth-order valence-corrected chi connectivity index (χ4v) is 4.97. The van der Waals surface area contributed by atoms with E-state index < -0.39 is 9.84 Å². The van der Waals surface area contributed by atoms with Crippen LogP contribution in [0, 0.1) is 0 Å². The fraction of sp³-hybridized carbons (Fsp3) is 0.350. The topological polar surface area (TPSA) is 63.7 Å². The lowest BCUT2D eigenvalue weighted by Gasteiger charge is -2.28. The molecule has 1 atom stereocenters. The SMILES string of the molecule is COc1ccc(CC(=O)N(Cc2ccccc2)C2CCS(=O)(=O)C2)cc1. The maximum Gasteiger partial charge on any atom is 0.227 e. The van der Waals surface area contributed by atoms with Crippen LogP contribution < -0.4 is 4.74 Å². The van der Waals surface area contributed by atoms with Crippen LogP contribution in [0.1, 0.15) is 17.5 Å². The number of hydrogen-bond donors (Lipinski definition) is 0. The molecule has 2 aromatic carbocycles. The van der Waals surface area contributed by atoms with Gasteiger partial charge in [0, 0.05) is 12.6 Å². The van der Waals surface area contributed by atoms with Crippen LogP contribution in [-0.2, 0) is 27.6 Å². The maximum absolute atomic E-state index is 13.0. The number of methoxy groups -OCH3 is 1. The van der Waals surface area contributed by atoms with Gasteiger partial charge in [0.2, 0.25) is 5.91 Å². The van der Waals surface area contributed by atoms with Gasteiger partial charge < -0.3 is 9.64 Å². The predicted molar refractivity (Wildman–Crippen MR) is 101 cm³/mol. The Bertz CT molecular complexity index is 847. The smallest absolute Gasteiger partial charge is 0.227 e. The molecule has 1 amide bonds. The Morgan fingerprint density at radius 2 is 1.77 bits per heavy atom. The molecule has 26 heavy (non-hydrogen) atoms. The molecule has 1 saturated heterocycles. The van der Waals surface area contributed by atoms with Crippen molar-refractivity contribution < 1.29 is 17.9 Å². The van der Waals surface area contributed by atoms with Gasteiger partial charge in [-0.1, -0.05) is 42.5 Å². The first-order valence-corrected chi connectivity index (χ1v) is 10.5. The highest BCUT2D eigenvalue weighted by Gasteiger charge is 2.34. The van der Waals surface area contributed by atoms with Gasteiger partial charge in [-0.2, -0.15) is 0 Å². The molecule has 1 aliphatic rings. The van der Waals surface area contributed by atoms with E-state index in [-0.39, 0.29) is 29.9 Å². The molecule has 0 aromatic heterocycles. The summed E-state index contributed by atoms with van der Waals surface area (Å²) in [4.78, 5) is 14.7. The van der Waals surface area contributed by atoms with Crippen LogP contribution in [0.4, 0.5) is 0 Å². The number of amides is 1. The van der Waals surface area contributed by atoms with Crippen molar-refractivity contribution in [2.24, 2.45) is 0 Å². The molecular weight excluding hydrogens is 350 g/mol. The van der Waals surface area contributed by atoms with Gasteiger partial charge in [0.05, 0.1) is 25.0 Å². The lowest BCUT2D eigenvalue weighted by molar-refractivity contribution is -0.133. The van der Waals surface area contributed by atoms with Gasteiger partial charge in [-0.15, -0.1) is 0 Å². The Labute approximate surface area is 154 Å². The Morgan fingerprint density at radius 1 is 1.08 bits per heavy atom. The molecule has 0 bridgehead atoms. The zero-order valence-electron chi connectivity index (χ0n) is 14.8. The second-order valence-electron chi connectivity index (χ2n) is 6.59. The highest BCUT2D eigenvalue weighted by Crippen LogP contribution is 2.22. The Morgan fingerprint density at radius 3 is 2.35 bits per heavy atom. The van der Waals surface area contributed by atoms with Crippen molar-refractivity contribution >= 4 is 15.7 Å². The molecule has 0 radical (unpaired) electrons. The molecule has 1 heterocycles. The first kappa shape index (κ1) is 18.5. The van der Waals surface area contributed by atoms with Gasteiger partial charge >= 0.3 is 0 Å². The van der Waals surface area contributed by atoms with Gasteiger partial charge in [0.15, 0.2) is 9.84 Å². The number of hydrogen-bond acceptors (Lipinski definition) is 4. The number of ether oxygens (including phenoxy) is 1. The van der Waals surface area contributed by atoms with Crippen LogP contribution >= 0.6 is 0 Å². The number of benzene rings is 2. The Hall–Kier alpha value is -2.34. The Balaban J connectivity index is 1.78. The van der Waals surface area contributed by atoms with Crippen LogP contribution in [0.5, 0.6) is 5.75 Å². The van der Waals surface area contributed by atoms with E-state index in [1.165, 1.54) is 0 Å². The van der Waals surface area contributed by atoms with Crippen LogP contribution in [0.3, 0.4) is 0 Å².